The SMILES string of the molecule is CC[C@H](N[C@@H](CC1=COC=C(C2=CC=CC[C@H]2c2ccc(OCc3ccc(Cl)c(Cl)c3)cc2)O1)C(=O)OC)c1ccccc1. The average molecular weight is 633 g/mol. The summed E-state index contributed by atoms with van der Waals surface area (Å²) in [5, 5.41) is 4.48. The van der Waals surface area contributed by atoms with Crippen molar-refractivity contribution < 1.29 is 23.7 Å². The molecule has 44 heavy (non-hydrogen) atoms. The minimum atomic E-state index is -0.619. The summed E-state index contributed by atoms with van der Waals surface area (Å²) in [6.07, 6.45) is 11.2. The number of rotatable bonds is 12. The van der Waals surface area contributed by atoms with Crippen LogP contribution in [0.15, 0.2) is 121 Å². The van der Waals surface area contributed by atoms with Crippen molar-refractivity contribution in [3.63, 3.8) is 0 Å². The molecule has 0 saturated carbocycles. The van der Waals surface area contributed by atoms with Crippen LogP contribution < -0.4 is 10.1 Å². The van der Waals surface area contributed by atoms with Gasteiger partial charge in [-0.15, -0.1) is 0 Å². The molecule has 8 heteroatoms. The summed E-state index contributed by atoms with van der Waals surface area (Å²) in [7, 11) is 1.39. The van der Waals surface area contributed by atoms with Gasteiger partial charge >= 0.3 is 5.97 Å². The molecule has 0 saturated heterocycles. The van der Waals surface area contributed by atoms with Crippen LogP contribution in [0.2, 0.25) is 10.0 Å². The van der Waals surface area contributed by atoms with E-state index in [1.165, 1.54) is 7.11 Å². The van der Waals surface area contributed by atoms with E-state index in [4.69, 9.17) is 42.1 Å². The van der Waals surface area contributed by atoms with Crippen LogP contribution in [-0.2, 0) is 25.6 Å². The number of hydrogen-bond donors (Lipinski definition) is 1. The van der Waals surface area contributed by atoms with Crippen LogP contribution in [0.3, 0.4) is 0 Å². The van der Waals surface area contributed by atoms with Crippen LogP contribution >= 0.6 is 23.2 Å². The lowest BCUT2D eigenvalue weighted by Crippen LogP contribution is -2.40. The smallest absolute Gasteiger partial charge is 0.323 e. The van der Waals surface area contributed by atoms with Gasteiger partial charge in [0.1, 0.15) is 36.7 Å². The molecule has 0 fully saturated rings. The molecule has 3 atom stereocenters. The highest BCUT2D eigenvalue weighted by Gasteiger charge is 2.29. The lowest BCUT2D eigenvalue weighted by molar-refractivity contribution is -0.143. The Morgan fingerprint density at radius 1 is 1.02 bits per heavy atom. The van der Waals surface area contributed by atoms with Crippen molar-refractivity contribution in [3.8, 4) is 5.75 Å². The van der Waals surface area contributed by atoms with Gasteiger partial charge in [-0.2, -0.15) is 0 Å². The molecule has 3 aromatic carbocycles. The van der Waals surface area contributed by atoms with Crippen LogP contribution in [0.5, 0.6) is 5.75 Å². The lowest BCUT2D eigenvalue weighted by Gasteiger charge is -2.28. The number of nitrogens with one attached hydrogen (secondary N) is 1. The number of methoxy groups -OCH3 is 1. The molecule has 0 bridgehead atoms. The summed E-state index contributed by atoms with van der Waals surface area (Å²) in [5.74, 6) is 1.58. The van der Waals surface area contributed by atoms with E-state index < -0.39 is 6.04 Å². The van der Waals surface area contributed by atoms with E-state index in [-0.39, 0.29) is 24.3 Å². The molecule has 228 valence electrons. The fourth-order valence-electron chi connectivity index (χ4n) is 5.30. The van der Waals surface area contributed by atoms with E-state index >= 15 is 0 Å². The Bertz CT molecular complexity index is 1560. The van der Waals surface area contributed by atoms with Gasteiger partial charge in [0.05, 0.1) is 17.2 Å². The predicted molar refractivity (Wildman–Crippen MR) is 173 cm³/mol. The Morgan fingerprint density at radius 2 is 1.82 bits per heavy atom. The highest BCUT2D eigenvalue weighted by Crippen LogP contribution is 2.39. The minimum absolute atomic E-state index is 0.0214. The molecule has 3 aromatic rings. The lowest BCUT2D eigenvalue weighted by atomic mass is 9.84. The Balaban J connectivity index is 1.24. The highest BCUT2D eigenvalue weighted by atomic mass is 35.5. The molecular weight excluding hydrogens is 597 g/mol. The fraction of sp³-hybridized carbons (Fsp3) is 0.250. The average Bonchev–Trinajstić information content (AvgIpc) is 3.07. The molecule has 1 aliphatic carbocycles. The van der Waals surface area contributed by atoms with E-state index in [2.05, 4.69) is 30.4 Å². The van der Waals surface area contributed by atoms with Gasteiger partial charge in [-0.3, -0.25) is 10.1 Å². The van der Waals surface area contributed by atoms with Gasteiger partial charge in [0.2, 0.25) is 0 Å². The van der Waals surface area contributed by atoms with Crippen LogP contribution in [-0.4, -0.2) is 19.1 Å². The van der Waals surface area contributed by atoms with Crippen molar-refractivity contribution in [2.75, 3.05) is 7.11 Å². The van der Waals surface area contributed by atoms with Crippen LogP contribution in [0, 0.1) is 0 Å². The summed E-state index contributed by atoms with van der Waals surface area (Å²) in [4.78, 5) is 12.8. The van der Waals surface area contributed by atoms with Crippen LogP contribution in [0.25, 0.3) is 0 Å². The second-order valence-corrected chi connectivity index (χ2v) is 11.4. The molecule has 0 aromatic heterocycles. The molecule has 6 nitrogen and oxygen atoms in total. The molecule has 1 heterocycles. The first-order valence-electron chi connectivity index (χ1n) is 14.6. The number of ether oxygens (including phenoxy) is 4. The van der Waals surface area contributed by atoms with E-state index in [0.29, 0.717) is 28.2 Å². The third-order valence-corrected chi connectivity index (χ3v) is 8.37. The number of carbonyl (C=O) groups is 1. The highest BCUT2D eigenvalue weighted by molar-refractivity contribution is 6.42. The predicted octanol–water partition coefficient (Wildman–Crippen LogP) is 8.94. The number of hydrogen-bond acceptors (Lipinski definition) is 6. The Kier molecular flexibility index (Phi) is 10.8. The zero-order chi connectivity index (χ0) is 30.9. The second-order valence-electron chi connectivity index (χ2n) is 10.6. The van der Waals surface area contributed by atoms with E-state index in [1.54, 1.807) is 24.7 Å². The van der Waals surface area contributed by atoms with Crippen molar-refractivity contribution in [2.45, 2.75) is 50.8 Å². The van der Waals surface area contributed by atoms with Crippen molar-refractivity contribution >= 4 is 29.2 Å². The number of halogens is 2. The quantitative estimate of drug-likeness (QED) is 0.201. The Morgan fingerprint density at radius 3 is 2.55 bits per heavy atom. The number of benzene rings is 3. The van der Waals surface area contributed by atoms with E-state index in [9.17, 15) is 4.79 Å². The maximum Gasteiger partial charge on any atom is 0.323 e. The van der Waals surface area contributed by atoms with Gasteiger partial charge in [-0.1, -0.05) is 96.9 Å². The fourth-order valence-corrected chi connectivity index (χ4v) is 5.62. The van der Waals surface area contributed by atoms with Gasteiger partial charge in [0.15, 0.2) is 5.76 Å². The number of esters is 1. The monoisotopic (exact) mass is 631 g/mol. The maximum atomic E-state index is 12.8. The first-order valence-corrected chi connectivity index (χ1v) is 15.4. The van der Waals surface area contributed by atoms with Gasteiger partial charge in [0.25, 0.3) is 0 Å². The first kappa shape index (κ1) is 31.5. The Labute approximate surface area is 268 Å². The van der Waals surface area contributed by atoms with Gasteiger partial charge in [-0.25, -0.2) is 0 Å². The molecule has 1 aliphatic heterocycles. The topological polar surface area (TPSA) is 66.0 Å². The molecule has 0 spiro atoms. The van der Waals surface area contributed by atoms with Gasteiger partial charge in [0, 0.05) is 24.0 Å². The summed E-state index contributed by atoms with van der Waals surface area (Å²) in [6, 6.07) is 22.9. The van der Waals surface area contributed by atoms with Crippen molar-refractivity contribution in [2.24, 2.45) is 0 Å². The Hall–Kier alpha value is -3.97. The number of allylic oxidation sites excluding steroid dienone is 4. The standard InChI is InChI=1S/C36H35Cl2NO5/c1-3-33(26-9-5-4-6-10-26)39-34(36(40)41-2)20-28-22-42-23-35(44-28)30-12-8-7-11-29(30)25-14-16-27(17-15-25)43-21-24-13-18-31(37)32(38)19-24/h4-10,12-19,22-23,29,33-34,39H,3,11,20-21H2,1-2H3/t29-,33-,34-/m0/s1. The van der Waals surface area contributed by atoms with E-state index in [0.717, 1.165) is 40.9 Å². The molecule has 0 amide bonds. The van der Waals surface area contributed by atoms with Crippen molar-refractivity contribution in [1.29, 1.82) is 0 Å². The number of carbonyl (C=O) groups excluding carboxylic acids is 1. The third-order valence-electron chi connectivity index (χ3n) is 7.63. The van der Waals surface area contributed by atoms with Gasteiger partial charge in [-0.05, 0) is 53.8 Å². The first-order chi connectivity index (χ1) is 21.4. The third kappa shape index (κ3) is 7.94. The zero-order valence-corrected chi connectivity index (χ0v) is 26.2. The summed E-state index contributed by atoms with van der Waals surface area (Å²) in [5.41, 5.74) is 4.14. The summed E-state index contributed by atoms with van der Waals surface area (Å²) >= 11 is 12.2. The molecule has 1 N–H and O–H groups in total. The van der Waals surface area contributed by atoms with Crippen molar-refractivity contribution in [3.05, 3.63) is 147 Å². The maximum absolute atomic E-state index is 12.8. The van der Waals surface area contributed by atoms with Crippen molar-refractivity contribution in [1.82, 2.24) is 5.32 Å². The summed E-state index contributed by atoms with van der Waals surface area (Å²) in [6.45, 7) is 2.46. The molecule has 2 aliphatic rings. The molecule has 5 rings (SSSR count). The minimum Gasteiger partial charge on any atom is -0.489 e. The summed E-state index contributed by atoms with van der Waals surface area (Å²) < 4.78 is 23.2. The van der Waals surface area contributed by atoms with Gasteiger partial charge < -0.3 is 18.9 Å². The van der Waals surface area contributed by atoms with Crippen LogP contribution in [0.4, 0.5) is 0 Å². The zero-order valence-electron chi connectivity index (χ0n) is 24.7. The normalized spacial score (nSPS) is 17.3. The molecule has 0 unspecified atom stereocenters. The molecular formula is C36H35Cl2NO5. The van der Waals surface area contributed by atoms with E-state index in [1.807, 2.05) is 60.7 Å². The van der Waals surface area contributed by atoms with Crippen LogP contribution in [0.1, 0.15) is 54.8 Å². The second kappa shape index (κ2) is 15.2. The molecule has 0 radical (unpaired) electrons. The largest absolute Gasteiger partial charge is 0.489 e.